The van der Waals surface area contributed by atoms with E-state index in [1.54, 1.807) is 6.92 Å². The van der Waals surface area contributed by atoms with Crippen molar-refractivity contribution < 1.29 is 20.1 Å². The van der Waals surface area contributed by atoms with E-state index in [-0.39, 0.29) is 22.4 Å². The summed E-state index contributed by atoms with van der Waals surface area (Å²) < 4.78 is 0.279. The van der Waals surface area contributed by atoms with Gasteiger partial charge in [0.25, 0.3) is 0 Å². The van der Waals surface area contributed by atoms with Crippen LogP contribution in [0.2, 0.25) is 0 Å². The highest BCUT2D eigenvalue weighted by atomic mass is 79.9. The first kappa shape index (κ1) is 12.8. The molecule has 1 aromatic carbocycles. The topological polar surface area (TPSA) is 104 Å². The molecule has 0 saturated carbocycles. The predicted octanol–water partition coefficient (Wildman–Crippen LogP) is 1.12. The third kappa shape index (κ3) is 2.45. The van der Waals surface area contributed by atoms with E-state index >= 15 is 0 Å². The first-order chi connectivity index (χ1) is 7.34. The van der Waals surface area contributed by atoms with E-state index in [0.717, 1.165) is 0 Å². The maximum atomic E-state index is 10.6. The van der Waals surface area contributed by atoms with Crippen molar-refractivity contribution in [1.29, 1.82) is 0 Å². The molecule has 0 aliphatic rings. The normalized spacial score (nSPS) is 12.4. The van der Waals surface area contributed by atoms with Gasteiger partial charge in [-0.1, -0.05) is 0 Å². The van der Waals surface area contributed by atoms with Gasteiger partial charge in [0.2, 0.25) is 0 Å². The lowest BCUT2D eigenvalue weighted by Crippen LogP contribution is -2.32. The molecule has 1 aromatic rings. The second kappa shape index (κ2) is 4.71. The van der Waals surface area contributed by atoms with Crippen molar-refractivity contribution in [2.45, 2.75) is 19.4 Å². The monoisotopic (exact) mass is 289 g/mol. The van der Waals surface area contributed by atoms with Crippen LogP contribution in [-0.2, 0) is 11.2 Å². The third-order valence-corrected chi connectivity index (χ3v) is 3.14. The number of phenolic OH excluding ortho intramolecular Hbond substituents is 2. The Kier molecular flexibility index (Phi) is 3.77. The summed E-state index contributed by atoms with van der Waals surface area (Å²) in [4.78, 5) is 10.6. The Bertz CT molecular complexity index is 433. The van der Waals surface area contributed by atoms with Crippen molar-refractivity contribution >= 4 is 21.9 Å². The second-order valence-electron chi connectivity index (χ2n) is 3.50. The van der Waals surface area contributed by atoms with Gasteiger partial charge in [-0.15, -0.1) is 0 Å². The molecule has 6 heteroatoms. The van der Waals surface area contributed by atoms with Crippen molar-refractivity contribution in [2.24, 2.45) is 5.73 Å². The lowest BCUT2D eigenvalue weighted by Gasteiger charge is -2.13. The van der Waals surface area contributed by atoms with Crippen molar-refractivity contribution in [3.05, 3.63) is 21.7 Å². The second-order valence-corrected chi connectivity index (χ2v) is 4.30. The fourth-order valence-electron chi connectivity index (χ4n) is 1.35. The van der Waals surface area contributed by atoms with Gasteiger partial charge in [-0.05, 0) is 46.5 Å². The van der Waals surface area contributed by atoms with Crippen molar-refractivity contribution in [3.8, 4) is 11.5 Å². The Morgan fingerprint density at radius 2 is 2.12 bits per heavy atom. The van der Waals surface area contributed by atoms with Gasteiger partial charge in [-0.3, -0.25) is 4.79 Å². The van der Waals surface area contributed by atoms with Gasteiger partial charge in [0.15, 0.2) is 11.5 Å². The first-order valence-electron chi connectivity index (χ1n) is 4.53. The van der Waals surface area contributed by atoms with E-state index in [4.69, 9.17) is 10.8 Å². The molecular weight excluding hydrogens is 278 g/mol. The van der Waals surface area contributed by atoms with Crippen LogP contribution in [0, 0.1) is 6.92 Å². The van der Waals surface area contributed by atoms with E-state index in [9.17, 15) is 15.0 Å². The van der Waals surface area contributed by atoms with Gasteiger partial charge >= 0.3 is 5.97 Å². The zero-order chi connectivity index (χ0) is 12.5. The Balaban J connectivity index is 3.14. The van der Waals surface area contributed by atoms with E-state index < -0.39 is 12.0 Å². The molecule has 0 spiro atoms. The van der Waals surface area contributed by atoms with Crippen LogP contribution in [0.4, 0.5) is 0 Å². The quantitative estimate of drug-likeness (QED) is 0.625. The smallest absolute Gasteiger partial charge is 0.320 e. The van der Waals surface area contributed by atoms with Gasteiger partial charge in [0, 0.05) is 0 Å². The van der Waals surface area contributed by atoms with Gasteiger partial charge in [0.1, 0.15) is 6.04 Å². The molecule has 0 bridgehead atoms. The highest BCUT2D eigenvalue weighted by Crippen LogP contribution is 2.38. The molecule has 0 saturated heterocycles. The fourth-order valence-corrected chi connectivity index (χ4v) is 2.02. The summed E-state index contributed by atoms with van der Waals surface area (Å²) in [5.74, 6) is -1.67. The highest BCUT2D eigenvalue weighted by molar-refractivity contribution is 9.10. The molecule has 5 N–H and O–H groups in total. The lowest BCUT2D eigenvalue weighted by atomic mass is 10.0. The SMILES string of the molecule is Cc1cc(O)c(O)c(Br)c1CC(N)C(=O)O. The molecule has 16 heavy (non-hydrogen) atoms. The number of halogens is 1. The van der Waals surface area contributed by atoms with Crippen LogP contribution in [0.25, 0.3) is 0 Å². The van der Waals surface area contributed by atoms with Crippen LogP contribution in [0.3, 0.4) is 0 Å². The zero-order valence-corrected chi connectivity index (χ0v) is 10.2. The summed E-state index contributed by atoms with van der Waals surface area (Å²) in [6.07, 6.45) is 0.0790. The average molecular weight is 290 g/mol. The molecule has 5 nitrogen and oxygen atoms in total. The molecule has 0 heterocycles. The Labute approximate surface area is 101 Å². The number of nitrogens with two attached hydrogens (primary N) is 1. The molecule has 0 aliphatic heterocycles. The number of rotatable bonds is 3. The van der Waals surface area contributed by atoms with Crippen molar-refractivity contribution in [2.75, 3.05) is 0 Å². The lowest BCUT2D eigenvalue weighted by molar-refractivity contribution is -0.138. The maximum Gasteiger partial charge on any atom is 0.320 e. The van der Waals surface area contributed by atoms with Crippen LogP contribution >= 0.6 is 15.9 Å². The first-order valence-corrected chi connectivity index (χ1v) is 5.32. The van der Waals surface area contributed by atoms with Crippen LogP contribution in [0.1, 0.15) is 11.1 Å². The minimum atomic E-state index is -1.11. The summed E-state index contributed by atoms with van der Waals surface area (Å²) in [7, 11) is 0. The van der Waals surface area contributed by atoms with Crippen LogP contribution in [-0.4, -0.2) is 27.3 Å². The number of hydrogen-bond acceptors (Lipinski definition) is 4. The van der Waals surface area contributed by atoms with E-state index in [1.807, 2.05) is 0 Å². The van der Waals surface area contributed by atoms with Crippen LogP contribution in [0.5, 0.6) is 11.5 Å². The van der Waals surface area contributed by atoms with E-state index in [2.05, 4.69) is 15.9 Å². The number of aliphatic carboxylic acids is 1. The average Bonchev–Trinajstić information content (AvgIpc) is 2.20. The standard InChI is InChI=1S/C10H12BrNO4/c1-4-2-7(13)9(14)8(11)5(4)3-6(12)10(15)16/h2,6,13-14H,3,12H2,1H3,(H,15,16). The number of aryl methyl sites for hydroxylation is 1. The fraction of sp³-hybridized carbons (Fsp3) is 0.300. The molecule has 88 valence electrons. The summed E-state index contributed by atoms with van der Waals surface area (Å²) >= 11 is 3.10. The van der Waals surface area contributed by atoms with Crippen molar-refractivity contribution in [3.63, 3.8) is 0 Å². The van der Waals surface area contributed by atoms with Gasteiger partial charge in [0.05, 0.1) is 4.47 Å². The minimum absolute atomic E-state index is 0.0790. The highest BCUT2D eigenvalue weighted by Gasteiger charge is 2.19. The summed E-state index contributed by atoms with van der Waals surface area (Å²) in [5.41, 5.74) is 6.65. The number of aromatic hydroxyl groups is 2. The molecule has 1 rings (SSSR count). The van der Waals surface area contributed by atoms with Crippen LogP contribution < -0.4 is 5.73 Å². The number of benzene rings is 1. The molecule has 0 amide bonds. The maximum absolute atomic E-state index is 10.6. The van der Waals surface area contributed by atoms with E-state index in [1.165, 1.54) is 6.07 Å². The molecule has 0 fully saturated rings. The number of phenols is 2. The minimum Gasteiger partial charge on any atom is -0.504 e. The number of carboxylic acids is 1. The van der Waals surface area contributed by atoms with E-state index in [0.29, 0.717) is 11.1 Å². The molecular formula is C10H12BrNO4. The van der Waals surface area contributed by atoms with Gasteiger partial charge in [-0.2, -0.15) is 0 Å². The number of carbonyl (C=O) groups is 1. The molecule has 0 aliphatic carbocycles. The number of hydrogen-bond donors (Lipinski definition) is 4. The number of carboxylic acid groups (broad SMARTS) is 1. The molecule has 1 atom stereocenters. The Hall–Kier alpha value is -1.27. The largest absolute Gasteiger partial charge is 0.504 e. The third-order valence-electron chi connectivity index (χ3n) is 2.29. The van der Waals surface area contributed by atoms with Crippen molar-refractivity contribution in [1.82, 2.24) is 0 Å². The molecule has 0 radical (unpaired) electrons. The Morgan fingerprint density at radius 3 is 2.62 bits per heavy atom. The summed E-state index contributed by atoms with van der Waals surface area (Å²) in [5, 5.41) is 27.5. The summed E-state index contributed by atoms with van der Waals surface area (Å²) in [6.45, 7) is 1.70. The van der Waals surface area contributed by atoms with Gasteiger partial charge < -0.3 is 21.1 Å². The summed E-state index contributed by atoms with van der Waals surface area (Å²) in [6, 6.07) is 0.322. The predicted molar refractivity (Wildman–Crippen MR) is 61.5 cm³/mol. The molecule has 1 unspecified atom stereocenters. The van der Waals surface area contributed by atoms with Gasteiger partial charge in [-0.25, -0.2) is 0 Å². The Morgan fingerprint density at radius 1 is 1.56 bits per heavy atom. The van der Waals surface area contributed by atoms with Crippen LogP contribution in [0.15, 0.2) is 10.5 Å². The molecule has 0 aromatic heterocycles. The zero-order valence-electron chi connectivity index (χ0n) is 8.57.